The van der Waals surface area contributed by atoms with E-state index in [-0.39, 0.29) is 17.1 Å². The van der Waals surface area contributed by atoms with Crippen LogP contribution in [0, 0.1) is 0 Å². The number of halogens is 1. The molecule has 0 saturated heterocycles. The van der Waals surface area contributed by atoms with Crippen LogP contribution < -0.4 is 10.5 Å². The van der Waals surface area contributed by atoms with Crippen molar-refractivity contribution < 1.29 is 23.9 Å². The molecule has 0 fully saturated rings. The molecule has 0 aliphatic heterocycles. The second-order valence-corrected chi connectivity index (χ2v) is 5.59. The Morgan fingerprint density at radius 3 is 2.36 bits per heavy atom. The first-order chi connectivity index (χ1) is 11.9. The maximum Gasteiger partial charge on any atom is 0.344 e. The summed E-state index contributed by atoms with van der Waals surface area (Å²) in [5, 5.41) is 0.503. The van der Waals surface area contributed by atoms with Crippen molar-refractivity contribution in [3.05, 3.63) is 64.7 Å². The molecule has 6 nitrogen and oxygen atoms in total. The quantitative estimate of drug-likeness (QED) is 0.604. The minimum Gasteiger partial charge on any atom is -0.481 e. The first kappa shape index (κ1) is 18.5. The van der Waals surface area contributed by atoms with E-state index in [9.17, 15) is 14.4 Å². The molecular weight excluding hydrogens is 346 g/mol. The Labute approximate surface area is 149 Å². The Morgan fingerprint density at radius 2 is 1.72 bits per heavy atom. The van der Waals surface area contributed by atoms with Crippen molar-refractivity contribution in [2.75, 3.05) is 6.61 Å². The molecule has 0 bridgehead atoms. The van der Waals surface area contributed by atoms with Crippen molar-refractivity contribution >= 4 is 29.3 Å². The molecule has 130 valence electrons. The van der Waals surface area contributed by atoms with Crippen molar-refractivity contribution in [3.63, 3.8) is 0 Å². The average Bonchev–Trinajstić information content (AvgIpc) is 2.60. The maximum absolute atomic E-state index is 12.2. The summed E-state index contributed by atoms with van der Waals surface area (Å²) in [5.74, 6) is -1.60. The molecule has 2 N–H and O–H groups in total. The molecule has 0 aromatic heterocycles. The van der Waals surface area contributed by atoms with Gasteiger partial charge in [0.1, 0.15) is 5.75 Å². The predicted molar refractivity (Wildman–Crippen MR) is 91.8 cm³/mol. The fraction of sp³-hybridized carbons (Fsp3) is 0.167. The van der Waals surface area contributed by atoms with Crippen molar-refractivity contribution in [1.82, 2.24) is 0 Å². The van der Waals surface area contributed by atoms with Gasteiger partial charge in [-0.3, -0.25) is 9.59 Å². The van der Waals surface area contributed by atoms with Crippen LogP contribution in [0.2, 0.25) is 5.02 Å². The van der Waals surface area contributed by atoms with Gasteiger partial charge in [0.2, 0.25) is 5.78 Å². The molecule has 7 heteroatoms. The number of rotatable bonds is 7. The van der Waals surface area contributed by atoms with Gasteiger partial charge in [-0.05, 0) is 43.3 Å². The van der Waals surface area contributed by atoms with Crippen LogP contribution in [0.3, 0.4) is 0 Å². The first-order valence-corrected chi connectivity index (χ1v) is 7.77. The van der Waals surface area contributed by atoms with Gasteiger partial charge in [-0.1, -0.05) is 23.7 Å². The zero-order valence-electron chi connectivity index (χ0n) is 13.4. The lowest BCUT2D eigenvalue weighted by atomic mass is 10.1. The second-order valence-electron chi connectivity index (χ2n) is 5.15. The summed E-state index contributed by atoms with van der Waals surface area (Å²) in [5.41, 5.74) is 5.76. The molecule has 0 spiro atoms. The number of nitrogens with two attached hydrogens (primary N) is 1. The number of benzene rings is 2. The van der Waals surface area contributed by atoms with E-state index in [0.29, 0.717) is 10.6 Å². The number of carbonyl (C=O) groups excluding carboxylic acids is 3. The van der Waals surface area contributed by atoms with E-state index >= 15 is 0 Å². The largest absolute Gasteiger partial charge is 0.481 e. The van der Waals surface area contributed by atoms with Gasteiger partial charge in [-0.2, -0.15) is 0 Å². The molecule has 2 rings (SSSR count). The summed E-state index contributed by atoms with van der Waals surface area (Å²) in [7, 11) is 0. The second kappa shape index (κ2) is 8.30. The van der Waals surface area contributed by atoms with Crippen LogP contribution in [0.5, 0.6) is 5.75 Å². The number of para-hydroxylation sites is 1. The van der Waals surface area contributed by atoms with Crippen LogP contribution >= 0.6 is 11.6 Å². The molecule has 1 amide bonds. The smallest absolute Gasteiger partial charge is 0.344 e. The van der Waals surface area contributed by atoms with Crippen LogP contribution in [0.15, 0.2) is 48.5 Å². The van der Waals surface area contributed by atoms with Crippen molar-refractivity contribution in [2.45, 2.75) is 13.0 Å². The van der Waals surface area contributed by atoms with Gasteiger partial charge in [0.25, 0.3) is 5.91 Å². The predicted octanol–water partition coefficient (Wildman–Crippen LogP) is 2.63. The number of hydrogen-bond donors (Lipinski definition) is 1. The Hall–Kier alpha value is -2.86. The molecular formula is C18H16ClNO5. The third-order valence-electron chi connectivity index (χ3n) is 3.30. The molecule has 0 saturated carbocycles. The van der Waals surface area contributed by atoms with Crippen molar-refractivity contribution in [1.29, 1.82) is 0 Å². The molecule has 2 aromatic rings. The van der Waals surface area contributed by atoms with Gasteiger partial charge in [0.05, 0.1) is 5.56 Å². The number of carbonyl (C=O) groups is 3. The molecule has 0 aliphatic rings. The van der Waals surface area contributed by atoms with Crippen LogP contribution in [0.1, 0.15) is 27.6 Å². The first-order valence-electron chi connectivity index (χ1n) is 7.39. The lowest BCUT2D eigenvalue weighted by Crippen LogP contribution is -2.27. The van der Waals surface area contributed by atoms with Gasteiger partial charge in [0, 0.05) is 10.6 Å². The number of hydrogen-bond acceptors (Lipinski definition) is 5. The Balaban J connectivity index is 1.93. The Kier molecular flexibility index (Phi) is 6.14. The van der Waals surface area contributed by atoms with E-state index in [2.05, 4.69) is 0 Å². The van der Waals surface area contributed by atoms with E-state index < -0.39 is 24.6 Å². The molecule has 0 aliphatic carbocycles. The molecule has 25 heavy (non-hydrogen) atoms. The highest BCUT2D eigenvalue weighted by Crippen LogP contribution is 2.17. The Bertz CT molecular complexity index is 788. The lowest BCUT2D eigenvalue weighted by Gasteiger charge is -2.13. The summed E-state index contributed by atoms with van der Waals surface area (Å²) in [6.07, 6.45) is -0.983. The van der Waals surface area contributed by atoms with Crippen molar-refractivity contribution in [3.8, 4) is 5.75 Å². The van der Waals surface area contributed by atoms with Crippen LogP contribution in [0.25, 0.3) is 0 Å². The van der Waals surface area contributed by atoms with E-state index in [0.717, 1.165) is 0 Å². The van der Waals surface area contributed by atoms with Gasteiger partial charge in [0.15, 0.2) is 12.7 Å². The summed E-state index contributed by atoms with van der Waals surface area (Å²) in [6, 6.07) is 12.5. The van der Waals surface area contributed by atoms with Gasteiger partial charge < -0.3 is 15.2 Å². The highest BCUT2D eigenvalue weighted by molar-refractivity contribution is 6.30. The molecule has 0 unspecified atom stereocenters. The highest BCUT2D eigenvalue weighted by atomic mass is 35.5. The summed E-state index contributed by atoms with van der Waals surface area (Å²) >= 11 is 5.77. The number of ether oxygens (including phenoxy) is 2. The molecule has 2 aromatic carbocycles. The third-order valence-corrected chi connectivity index (χ3v) is 3.56. The number of primary amides is 1. The summed E-state index contributed by atoms with van der Waals surface area (Å²) < 4.78 is 10.3. The fourth-order valence-corrected chi connectivity index (χ4v) is 2.19. The zero-order valence-corrected chi connectivity index (χ0v) is 14.2. The zero-order chi connectivity index (χ0) is 18.4. The fourth-order valence-electron chi connectivity index (χ4n) is 2.07. The SMILES string of the molecule is C[C@H](OC(=O)COc1ccccc1C(N)=O)C(=O)c1ccc(Cl)cc1. The monoisotopic (exact) mass is 361 g/mol. The van der Waals surface area contributed by atoms with Crippen molar-refractivity contribution in [2.24, 2.45) is 5.73 Å². The number of amides is 1. The normalized spacial score (nSPS) is 11.4. The number of Topliss-reactive ketones (excluding diaryl/α,β-unsaturated/α-hetero) is 1. The molecule has 0 heterocycles. The minimum absolute atomic E-state index is 0.153. The number of esters is 1. The van der Waals surface area contributed by atoms with E-state index in [1.54, 1.807) is 36.4 Å². The average molecular weight is 362 g/mol. The van der Waals surface area contributed by atoms with Gasteiger partial charge in [-0.25, -0.2) is 4.79 Å². The van der Waals surface area contributed by atoms with E-state index in [4.69, 9.17) is 26.8 Å². The van der Waals surface area contributed by atoms with Crippen LogP contribution in [-0.2, 0) is 9.53 Å². The number of ketones is 1. The lowest BCUT2D eigenvalue weighted by molar-refractivity contribution is -0.148. The van der Waals surface area contributed by atoms with Gasteiger partial charge in [-0.15, -0.1) is 0 Å². The van der Waals surface area contributed by atoms with Crippen LogP contribution in [-0.4, -0.2) is 30.4 Å². The third kappa shape index (κ3) is 5.06. The minimum atomic E-state index is -0.983. The van der Waals surface area contributed by atoms with E-state index in [1.807, 2.05) is 0 Å². The topological polar surface area (TPSA) is 95.7 Å². The van der Waals surface area contributed by atoms with Gasteiger partial charge >= 0.3 is 5.97 Å². The standard InChI is InChI=1S/C18H16ClNO5/c1-11(17(22)12-6-8-13(19)9-7-12)25-16(21)10-24-15-5-3-2-4-14(15)18(20)23/h2-9,11H,10H2,1H3,(H2,20,23)/t11-/m0/s1. The summed E-state index contributed by atoms with van der Waals surface area (Å²) in [6.45, 7) is 1.01. The summed E-state index contributed by atoms with van der Waals surface area (Å²) in [4.78, 5) is 35.3. The maximum atomic E-state index is 12.2. The molecule has 0 radical (unpaired) electrons. The Morgan fingerprint density at radius 1 is 1.08 bits per heavy atom. The van der Waals surface area contributed by atoms with Crippen LogP contribution in [0.4, 0.5) is 0 Å². The molecule has 1 atom stereocenters. The van der Waals surface area contributed by atoms with E-state index in [1.165, 1.54) is 19.1 Å². The highest BCUT2D eigenvalue weighted by Gasteiger charge is 2.20.